The Labute approximate surface area is 121 Å². The van der Waals surface area contributed by atoms with Crippen LogP contribution in [0.15, 0.2) is 35.1 Å². The molecule has 0 aliphatic carbocycles. The van der Waals surface area contributed by atoms with Gasteiger partial charge in [-0.05, 0) is 31.5 Å². The average Bonchev–Trinajstić information content (AvgIpc) is 3.05. The monoisotopic (exact) mass is 281 g/mol. The summed E-state index contributed by atoms with van der Waals surface area (Å²) in [5, 5.41) is 7.55. The molecule has 0 amide bonds. The number of aromatic nitrogens is 4. The Balaban J connectivity index is 1.74. The Morgan fingerprint density at radius 1 is 1.14 bits per heavy atom. The molecule has 1 unspecified atom stereocenters. The van der Waals surface area contributed by atoms with Gasteiger partial charge >= 0.3 is 0 Å². The van der Waals surface area contributed by atoms with Gasteiger partial charge in [0.1, 0.15) is 5.52 Å². The second kappa shape index (κ2) is 5.21. The first-order valence-corrected chi connectivity index (χ1v) is 7.19. The van der Waals surface area contributed by atoms with Gasteiger partial charge in [0.25, 0.3) is 5.89 Å². The molecule has 6 nitrogen and oxygen atoms in total. The maximum Gasteiger partial charge on any atom is 0.260 e. The molecule has 1 aliphatic heterocycles. The Morgan fingerprint density at radius 3 is 3.00 bits per heavy atom. The van der Waals surface area contributed by atoms with Gasteiger partial charge in [-0.15, -0.1) is 0 Å². The SMILES string of the molecule is c1cc(-c2nc(C3CCCCN3)no2)c2nccnc2c1. The molecule has 21 heavy (non-hydrogen) atoms. The highest BCUT2D eigenvalue weighted by atomic mass is 16.5. The van der Waals surface area contributed by atoms with Crippen molar-refractivity contribution in [3.8, 4) is 11.5 Å². The van der Waals surface area contributed by atoms with E-state index < -0.39 is 0 Å². The number of hydrogen-bond donors (Lipinski definition) is 1. The van der Waals surface area contributed by atoms with Crippen LogP contribution in [-0.4, -0.2) is 26.7 Å². The number of para-hydroxylation sites is 1. The number of rotatable bonds is 2. The number of nitrogens with one attached hydrogen (secondary N) is 1. The first-order chi connectivity index (χ1) is 10.4. The van der Waals surface area contributed by atoms with Crippen LogP contribution < -0.4 is 5.32 Å². The number of piperidine rings is 1. The lowest BCUT2D eigenvalue weighted by atomic mass is 10.0. The molecular weight excluding hydrogens is 266 g/mol. The second-order valence-electron chi connectivity index (χ2n) is 5.19. The molecule has 3 aromatic rings. The van der Waals surface area contributed by atoms with Crippen molar-refractivity contribution < 1.29 is 4.52 Å². The molecule has 4 rings (SSSR count). The van der Waals surface area contributed by atoms with Crippen LogP contribution in [0, 0.1) is 0 Å². The smallest absolute Gasteiger partial charge is 0.260 e. The van der Waals surface area contributed by atoms with Crippen molar-refractivity contribution >= 4 is 11.0 Å². The van der Waals surface area contributed by atoms with Crippen LogP contribution in [0.3, 0.4) is 0 Å². The molecule has 1 atom stereocenters. The lowest BCUT2D eigenvalue weighted by Crippen LogP contribution is -2.27. The highest BCUT2D eigenvalue weighted by molar-refractivity contribution is 5.88. The van der Waals surface area contributed by atoms with Gasteiger partial charge in [-0.2, -0.15) is 4.98 Å². The van der Waals surface area contributed by atoms with Gasteiger partial charge in [0.05, 0.1) is 17.1 Å². The summed E-state index contributed by atoms with van der Waals surface area (Å²) < 4.78 is 5.44. The third kappa shape index (κ3) is 2.27. The van der Waals surface area contributed by atoms with Crippen molar-refractivity contribution in [1.82, 2.24) is 25.4 Å². The molecule has 0 saturated carbocycles. The van der Waals surface area contributed by atoms with Gasteiger partial charge in [-0.25, -0.2) is 0 Å². The molecule has 1 aromatic carbocycles. The lowest BCUT2D eigenvalue weighted by molar-refractivity contribution is 0.367. The summed E-state index contributed by atoms with van der Waals surface area (Å²) in [5.74, 6) is 1.23. The highest BCUT2D eigenvalue weighted by Gasteiger charge is 2.21. The Morgan fingerprint density at radius 2 is 2.10 bits per heavy atom. The molecule has 1 saturated heterocycles. The maximum atomic E-state index is 5.44. The molecule has 106 valence electrons. The summed E-state index contributed by atoms with van der Waals surface area (Å²) in [6.45, 7) is 1.01. The Hall–Kier alpha value is -2.34. The van der Waals surface area contributed by atoms with Crippen molar-refractivity contribution in [2.75, 3.05) is 6.54 Å². The predicted molar refractivity (Wildman–Crippen MR) is 77.4 cm³/mol. The summed E-state index contributed by atoms with van der Waals surface area (Å²) in [5.41, 5.74) is 2.44. The lowest BCUT2D eigenvalue weighted by Gasteiger charge is -2.19. The molecule has 0 bridgehead atoms. The van der Waals surface area contributed by atoms with Gasteiger partial charge < -0.3 is 9.84 Å². The molecule has 1 N–H and O–H groups in total. The fraction of sp³-hybridized carbons (Fsp3) is 0.333. The summed E-state index contributed by atoms with van der Waals surface area (Å²) in [6.07, 6.45) is 6.80. The zero-order valence-electron chi connectivity index (χ0n) is 11.5. The quantitative estimate of drug-likeness (QED) is 0.777. The molecule has 1 fully saturated rings. The van der Waals surface area contributed by atoms with Gasteiger partial charge in [0, 0.05) is 12.4 Å². The van der Waals surface area contributed by atoms with Gasteiger partial charge in [-0.1, -0.05) is 17.6 Å². The molecule has 3 heterocycles. The van der Waals surface area contributed by atoms with E-state index in [2.05, 4.69) is 25.4 Å². The third-order valence-electron chi connectivity index (χ3n) is 3.79. The number of hydrogen-bond acceptors (Lipinski definition) is 6. The summed E-state index contributed by atoms with van der Waals surface area (Å²) in [6, 6.07) is 5.97. The van der Waals surface area contributed by atoms with Crippen LogP contribution >= 0.6 is 0 Å². The highest BCUT2D eigenvalue weighted by Crippen LogP contribution is 2.27. The zero-order valence-corrected chi connectivity index (χ0v) is 11.5. The van der Waals surface area contributed by atoms with Gasteiger partial charge in [-0.3, -0.25) is 9.97 Å². The van der Waals surface area contributed by atoms with Crippen molar-refractivity contribution in [2.24, 2.45) is 0 Å². The predicted octanol–water partition coefficient (Wildman–Crippen LogP) is 2.49. The normalized spacial score (nSPS) is 19.0. The van der Waals surface area contributed by atoms with Crippen molar-refractivity contribution in [1.29, 1.82) is 0 Å². The zero-order chi connectivity index (χ0) is 14.1. The van der Waals surface area contributed by atoms with Gasteiger partial charge in [0.2, 0.25) is 0 Å². The van der Waals surface area contributed by atoms with E-state index in [4.69, 9.17) is 4.52 Å². The largest absolute Gasteiger partial charge is 0.334 e. The van der Waals surface area contributed by atoms with Crippen LogP contribution in [-0.2, 0) is 0 Å². The Kier molecular flexibility index (Phi) is 3.08. The standard InChI is InChI=1S/C15H15N5O/c1-2-7-16-12(5-1)14-19-15(21-20-14)10-4-3-6-11-13(10)18-9-8-17-11/h3-4,6,8-9,12,16H,1-2,5,7H2. The fourth-order valence-corrected chi connectivity index (χ4v) is 2.72. The maximum absolute atomic E-state index is 5.44. The molecule has 1 aliphatic rings. The van der Waals surface area contributed by atoms with Gasteiger partial charge in [0.15, 0.2) is 5.82 Å². The molecular formula is C15H15N5O. The minimum atomic E-state index is 0.192. The molecule has 2 aromatic heterocycles. The van der Waals surface area contributed by atoms with Crippen molar-refractivity contribution in [3.05, 3.63) is 36.4 Å². The molecule has 0 radical (unpaired) electrons. The average molecular weight is 281 g/mol. The second-order valence-corrected chi connectivity index (χ2v) is 5.19. The minimum Gasteiger partial charge on any atom is -0.334 e. The van der Waals surface area contributed by atoms with E-state index >= 15 is 0 Å². The van der Waals surface area contributed by atoms with Crippen LogP contribution in [0.4, 0.5) is 0 Å². The molecule has 6 heteroatoms. The number of nitrogens with zero attached hydrogens (tertiary/aromatic N) is 4. The van der Waals surface area contributed by atoms with E-state index in [0.717, 1.165) is 35.4 Å². The first-order valence-electron chi connectivity index (χ1n) is 7.19. The van der Waals surface area contributed by atoms with E-state index in [1.165, 1.54) is 12.8 Å². The van der Waals surface area contributed by atoms with E-state index in [-0.39, 0.29) is 6.04 Å². The van der Waals surface area contributed by atoms with Crippen LogP contribution in [0.25, 0.3) is 22.5 Å². The summed E-state index contributed by atoms with van der Waals surface area (Å²) in [4.78, 5) is 13.2. The number of fused-ring (bicyclic) bond motifs is 1. The third-order valence-corrected chi connectivity index (χ3v) is 3.79. The summed E-state index contributed by atoms with van der Waals surface area (Å²) >= 11 is 0. The fourth-order valence-electron chi connectivity index (χ4n) is 2.72. The van der Waals surface area contributed by atoms with E-state index in [1.807, 2.05) is 18.2 Å². The van der Waals surface area contributed by atoms with Crippen molar-refractivity contribution in [3.63, 3.8) is 0 Å². The number of benzene rings is 1. The van der Waals surface area contributed by atoms with Crippen LogP contribution in [0.1, 0.15) is 31.1 Å². The van der Waals surface area contributed by atoms with Crippen LogP contribution in [0.5, 0.6) is 0 Å². The van der Waals surface area contributed by atoms with E-state index in [9.17, 15) is 0 Å². The topological polar surface area (TPSA) is 76.7 Å². The molecule has 0 spiro atoms. The summed E-state index contributed by atoms with van der Waals surface area (Å²) in [7, 11) is 0. The van der Waals surface area contributed by atoms with Crippen LogP contribution in [0.2, 0.25) is 0 Å². The minimum absolute atomic E-state index is 0.192. The van der Waals surface area contributed by atoms with E-state index in [0.29, 0.717) is 5.89 Å². The first kappa shape index (κ1) is 12.4. The van der Waals surface area contributed by atoms with Crippen molar-refractivity contribution in [2.45, 2.75) is 25.3 Å². The van der Waals surface area contributed by atoms with E-state index in [1.54, 1.807) is 12.4 Å². The Bertz CT molecular complexity index is 758.